The molecule has 2 heterocycles. The molecule has 1 aliphatic heterocycles. The van der Waals surface area contributed by atoms with Crippen LogP contribution in [0.4, 0.5) is 4.79 Å². The van der Waals surface area contributed by atoms with Gasteiger partial charge in [-0.15, -0.1) is 11.3 Å². The number of carbonyl (C=O) groups excluding carboxylic acids is 2. The van der Waals surface area contributed by atoms with Crippen LogP contribution in [-0.2, 0) is 11.2 Å². The Hall–Kier alpha value is -2.25. The van der Waals surface area contributed by atoms with Gasteiger partial charge in [0, 0.05) is 29.5 Å². The molecule has 168 valence electrons. The van der Waals surface area contributed by atoms with Crippen LogP contribution in [-0.4, -0.2) is 54.5 Å². The van der Waals surface area contributed by atoms with Gasteiger partial charge >= 0.3 is 6.03 Å². The quantitative estimate of drug-likeness (QED) is 0.619. The van der Waals surface area contributed by atoms with Gasteiger partial charge in [-0.1, -0.05) is 18.5 Å². The zero-order chi connectivity index (χ0) is 22.4. The van der Waals surface area contributed by atoms with E-state index in [4.69, 9.17) is 16.3 Å². The second kappa shape index (κ2) is 10.9. The number of carbonyl (C=O) groups is 2. The van der Waals surface area contributed by atoms with Crippen LogP contribution in [0, 0.1) is 6.92 Å². The fourth-order valence-corrected chi connectivity index (χ4v) is 4.84. The first-order valence-electron chi connectivity index (χ1n) is 10.7. The summed E-state index contributed by atoms with van der Waals surface area (Å²) in [4.78, 5) is 30.4. The van der Waals surface area contributed by atoms with Crippen LogP contribution in [0.2, 0.25) is 5.02 Å². The van der Waals surface area contributed by atoms with Gasteiger partial charge in [-0.2, -0.15) is 0 Å². The van der Waals surface area contributed by atoms with Gasteiger partial charge in [-0.25, -0.2) is 4.79 Å². The normalized spacial score (nSPS) is 15.4. The summed E-state index contributed by atoms with van der Waals surface area (Å²) < 4.78 is 6.09. The molecule has 3 rings (SSSR count). The molecule has 0 saturated carbocycles. The van der Waals surface area contributed by atoms with Crippen molar-refractivity contribution in [3.8, 4) is 5.75 Å². The Labute approximate surface area is 193 Å². The smallest absolute Gasteiger partial charge is 0.317 e. The Bertz CT molecular complexity index is 917. The highest BCUT2D eigenvalue weighted by molar-refractivity contribution is 7.10. The first kappa shape index (κ1) is 23.4. The van der Waals surface area contributed by atoms with Crippen molar-refractivity contribution in [2.75, 3.05) is 32.8 Å². The third-order valence-electron chi connectivity index (χ3n) is 5.39. The van der Waals surface area contributed by atoms with Crippen LogP contribution < -0.4 is 10.1 Å². The summed E-state index contributed by atoms with van der Waals surface area (Å²) in [5.74, 6) is 0.670. The van der Waals surface area contributed by atoms with E-state index in [1.807, 2.05) is 43.9 Å². The molecule has 2 aromatic rings. The van der Waals surface area contributed by atoms with Gasteiger partial charge in [0.1, 0.15) is 18.9 Å². The molecular weight excluding hydrogens is 434 g/mol. The lowest BCUT2D eigenvalue weighted by molar-refractivity contribution is -0.135. The molecule has 1 unspecified atom stereocenters. The van der Waals surface area contributed by atoms with Crippen molar-refractivity contribution in [1.82, 2.24) is 15.1 Å². The van der Waals surface area contributed by atoms with Crippen molar-refractivity contribution < 1.29 is 14.3 Å². The molecule has 0 spiro atoms. The van der Waals surface area contributed by atoms with Gasteiger partial charge < -0.3 is 19.9 Å². The largest absolute Gasteiger partial charge is 0.491 e. The second-order valence-corrected chi connectivity index (χ2v) is 9.04. The van der Waals surface area contributed by atoms with Gasteiger partial charge in [0.25, 0.3) is 0 Å². The van der Waals surface area contributed by atoms with Gasteiger partial charge in [0.2, 0.25) is 5.91 Å². The van der Waals surface area contributed by atoms with E-state index in [9.17, 15) is 9.59 Å². The predicted octanol–water partition coefficient (Wildman–Crippen LogP) is 4.66. The van der Waals surface area contributed by atoms with Crippen molar-refractivity contribution in [3.63, 3.8) is 0 Å². The highest BCUT2D eigenvalue weighted by Gasteiger charge is 2.33. The standard InChI is InChI=1S/C23H30ClN3O3S/c1-4-10-26(23(29)25-5-2)14-22(28)27-11-8-21-18(9-12-31-21)20(27)15-30-17-6-7-19(24)16(3)13-17/h6-7,9,12-13,20H,4-5,8,10-11,14-15H2,1-3H3,(H,25,29). The van der Waals surface area contributed by atoms with E-state index >= 15 is 0 Å². The number of benzene rings is 1. The molecule has 0 fully saturated rings. The second-order valence-electron chi connectivity index (χ2n) is 7.63. The van der Waals surface area contributed by atoms with E-state index in [0.717, 1.165) is 29.7 Å². The monoisotopic (exact) mass is 463 g/mol. The summed E-state index contributed by atoms with van der Waals surface area (Å²) in [5.41, 5.74) is 2.08. The molecule has 1 aliphatic rings. The number of nitrogens with one attached hydrogen (secondary N) is 1. The summed E-state index contributed by atoms with van der Waals surface area (Å²) in [6, 6.07) is 7.27. The third-order valence-corrected chi connectivity index (χ3v) is 6.81. The minimum atomic E-state index is -0.199. The molecule has 0 bridgehead atoms. The molecule has 6 nitrogen and oxygen atoms in total. The fourth-order valence-electron chi connectivity index (χ4n) is 3.80. The van der Waals surface area contributed by atoms with Crippen LogP contribution in [0.1, 0.15) is 42.3 Å². The number of ether oxygens (including phenoxy) is 1. The molecule has 31 heavy (non-hydrogen) atoms. The van der Waals surface area contributed by atoms with Crippen LogP contribution in [0.15, 0.2) is 29.6 Å². The number of halogens is 1. The molecule has 0 saturated heterocycles. The van der Waals surface area contributed by atoms with Gasteiger partial charge in [0.15, 0.2) is 0 Å². The lowest BCUT2D eigenvalue weighted by atomic mass is 10.0. The molecule has 8 heteroatoms. The Morgan fingerprint density at radius 3 is 2.84 bits per heavy atom. The minimum absolute atomic E-state index is 0.0579. The van der Waals surface area contributed by atoms with E-state index in [-0.39, 0.29) is 24.5 Å². The summed E-state index contributed by atoms with van der Waals surface area (Å²) in [5, 5.41) is 5.56. The highest BCUT2D eigenvalue weighted by atomic mass is 35.5. The number of fused-ring (bicyclic) bond motifs is 1. The summed E-state index contributed by atoms with van der Waals surface area (Å²) in [7, 11) is 0. The number of rotatable bonds is 8. The number of amides is 3. The van der Waals surface area contributed by atoms with Crippen LogP contribution in [0.25, 0.3) is 0 Å². The van der Waals surface area contributed by atoms with E-state index < -0.39 is 0 Å². The van der Waals surface area contributed by atoms with Gasteiger partial charge in [-0.3, -0.25) is 4.79 Å². The van der Waals surface area contributed by atoms with Crippen LogP contribution in [0.5, 0.6) is 5.75 Å². The Kier molecular flexibility index (Phi) is 8.21. The summed E-state index contributed by atoms with van der Waals surface area (Å²) in [6.45, 7) is 7.92. The van der Waals surface area contributed by atoms with Crippen molar-refractivity contribution >= 4 is 34.9 Å². The van der Waals surface area contributed by atoms with Crippen molar-refractivity contribution in [3.05, 3.63) is 50.7 Å². The van der Waals surface area contributed by atoms with E-state index in [2.05, 4.69) is 16.8 Å². The molecule has 3 amide bonds. The van der Waals surface area contributed by atoms with Crippen molar-refractivity contribution in [2.24, 2.45) is 0 Å². The topological polar surface area (TPSA) is 61.9 Å². The molecule has 0 aliphatic carbocycles. The average molecular weight is 464 g/mol. The molecular formula is C23H30ClN3O3S. The van der Waals surface area contributed by atoms with Gasteiger partial charge in [0.05, 0.1) is 6.04 Å². The highest BCUT2D eigenvalue weighted by Crippen LogP contribution is 2.34. The Balaban J connectivity index is 1.76. The third kappa shape index (κ3) is 5.71. The zero-order valence-electron chi connectivity index (χ0n) is 18.3. The SMILES string of the molecule is CCCN(CC(=O)N1CCc2sccc2C1COc1ccc(Cl)c(C)c1)C(=O)NCC. The first-order chi connectivity index (χ1) is 14.9. The molecule has 1 N–H and O–H groups in total. The van der Waals surface area contributed by atoms with Gasteiger partial charge in [-0.05, 0) is 67.5 Å². The average Bonchev–Trinajstić information content (AvgIpc) is 3.23. The maximum Gasteiger partial charge on any atom is 0.317 e. The summed E-state index contributed by atoms with van der Waals surface area (Å²) in [6.07, 6.45) is 1.62. The van der Waals surface area contributed by atoms with E-state index in [0.29, 0.717) is 31.3 Å². The van der Waals surface area contributed by atoms with Crippen LogP contribution in [0.3, 0.4) is 0 Å². The fraction of sp³-hybridized carbons (Fsp3) is 0.478. The zero-order valence-corrected chi connectivity index (χ0v) is 19.9. The molecule has 0 radical (unpaired) electrons. The maximum atomic E-state index is 13.3. The minimum Gasteiger partial charge on any atom is -0.491 e. The number of nitrogens with zero attached hydrogens (tertiary/aromatic N) is 2. The number of aryl methyl sites for hydroxylation is 1. The Morgan fingerprint density at radius 2 is 2.13 bits per heavy atom. The maximum absolute atomic E-state index is 13.3. The van der Waals surface area contributed by atoms with E-state index in [1.165, 1.54) is 4.88 Å². The molecule has 1 aromatic carbocycles. The molecule has 1 atom stereocenters. The van der Waals surface area contributed by atoms with Crippen LogP contribution >= 0.6 is 22.9 Å². The van der Waals surface area contributed by atoms with Crippen molar-refractivity contribution in [2.45, 2.75) is 39.7 Å². The number of thiophene rings is 1. The first-order valence-corrected chi connectivity index (χ1v) is 12.0. The number of urea groups is 1. The number of hydrogen-bond donors (Lipinski definition) is 1. The lowest BCUT2D eigenvalue weighted by Crippen LogP contribution is -2.50. The molecule has 1 aromatic heterocycles. The summed E-state index contributed by atoms with van der Waals surface area (Å²) >= 11 is 7.84. The lowest BCUT2D eigenvalue weighted by Gasteiger charge is -2.37. The number of hydrogen-bond acceptors (Lipinski definition) is 4. The Morgan fingerprint density at radius 1 is 1.32 bits per heavy atom. The van der Waals surface area contributed by atoms with Crippen molar-refractivity contribution in [1.29, 1.82) is 0 Å². The van der Waals surface area contributed by atoms with E-state index in [1.54, 1.807) is 16.2 Å². The predicted molar refractivity (Wildman–Crippen MR) is 125 cm³/mol.